The molecule has 1 aromatic carbocycles. The number of hydrogen-bond acceptors (Lipinski definition) is 5. The standard InChI is InChI=1S/C19H25N3O4S2/c1-13(2)22(4)28(25,26)16-9-7-15(8-10-16)21-19(24)12-17(20-14(3)23)18-6-5-11-27-18/h5-11,13,17H,12H2,1-4H3,(H,20,23)(H,21,24)/t17-/m1/s1. The Morgan fingerprint density at radius 2 is 1.79 bits per heavy atom. The van der Waals surface area contributed by atoms with Gasteiger partial charge in [-0.3, -0.25) is 9.59 Å². The number of rotatable bonds is 8. The highest BCUT2D eigenvalue weighted by atomic mass is 32.2. The first-order valence-electron chi connectivity index (χ1n) is 8.79. The van der Waals surface area contributed by atoms with E-state index in [1.54, 1.807) is 26.0 Å². The normalized spacial score (nSPS) is 12.8. The predicted octanol–water partition coefficient (Wildman–Crippen LogP) is 2.98. The van der Waals surface area contributed by atoms with Crippen LogP contribution in [-0.4, -0.2) is 37.6 Å². The van der Waals surface area contributed by atoms with Crippen molar-refractivity contribution < 1.29 is 18.0 Å². The van der Waals surface area contributed by atoms with Gasteiger partial charge in [0, 0.05) is 30.6 Å². The van der Waals surface area contributed by atoms with Crippen molar-refractivity contribution in [2.45, 2.75) is 44.2 Å². The maximum atomic E-state index is 12.5. The Balaban J connectivity index is 2.07. The van der Waals surface area contributed by atoms with Crippen LogP contribution in [0.4, 0.5) is 5.69 Å². The van der Waals surface area contributed by atoms with Gasteiger partial charge in [0.05, 0.1) is 17.4 Å². The van der Waals surface area contributed by atoms with Crippen LogP contribution in [0.15, 0.2) is 46.7 Å². The van der Waals surface area contributed by atoms with E-state index in [9.17, 15) is 18.0 Å². The molecule has 0 saturated heterocycles. The summed E-state index contributed by atoms with van der Waals surface area (Å²) in [6.07, 6.45) is 0.0796. The number of nitrogens with one attached hydrogen (secondary N) is 2. The van der Waals surface area contributed by atoms with Crippen LogP contribution in [-0.2, 0) is 19.6 Å². The molecule has 2 aromatic rings. The van der Waals surface area contributed by atoms with Gasteiger partial charge in [-0.1, -0.05) is 6.07 Å². The lowest BCUT2D eigenvalue weighted by molar-refractivity contribution is -0.120. The second-order valence-corrected chi connectivity index (χ2v) is 9.64. The molecule has 0 saturated carbocycles. The molecule has 0 aliphatic heterocycles. The van der Waals surface area contributed by atoms with Gasteiger partial charge in [0.25, 0.3) is 0 Å². The van der Waals surface area contributed by atoms with Crippen molar-refractivity contribution in [1.29, 1.82) is 0 Å². The highest BCUT2D eigenvalue weighted by Gasteiger charge is 2.23. The molecule has 0 spiro atoms. The van der Waals surface area contributed by atoms with Gasteiger partial charge in [-0.25, -0.2) is 8.42 Å². The Hall–Kier alpha value is -2.23. The van der Waals surface area contributed by atoms with Crippen LogP contribution >= 0.6 is 11.3 Å². The lowest BCUT2D eigenvalue weighted by Crippen LogP contribution is -2.33. The SMILES string of the molecule is CC(=O)N[C@H](CC(=O)Nc1ccc(S(=O)(=O)N(C)C(C)C)cc1)c1cccs1. The lowest BCUT2D eigenvalue weighted by atomic mass is 10.1. The van der Waals surface area contributed by atoms with E-state index in [4.69, 9.17) is 0 Å². The molecule has 28 heavy (non-hydrogen) atoms. The number of sulfonamides is 1. The Morgan fingerprint density at radius 1 is 1.14 bits per heavy atom. The summed E-state index contributed by atoms with van der Waals surface area (Å²) in [4.78, 5) is 24.9. The van der Waals surface area contributed by atoms with E-state index in [0.717, 1.165) is 4.88 Å². The molecule has 0 aliphatic rings. The second kappa shape index (κ2) is 9.31. The Morgan fingerprint density at radius 3 is 2.29 bits per heavy atom. The van der Waals surface area contributed by atoms with Gasteiger partial charge in [-0.2, -0.15) is 4.31 Å². The molecule has 2 amide bonds. The zero-order valence-corrected chi connectivity index (χ0v) is 17.9. The zero-order valence-electron chi connectivity index (χ0n) is 16.3. The first kappa shape index (κ1) is 22.1. The molecule has 7 nitrogen and oxygen atoms in total. The van der Waals surface area contributed by atoms with Gasteiger partial charge in [0.15, 0.2) is 0 Å². The fourth-order valence-corrected chi connectivity index (χ4v) is 4.65. The van der Waals surface area contributed by atoms with E-state index in [2.05, 4.69) is 10.6 Å². The molecular formula is C19H25N3O4S2. The fourth-order valence-electron chi connectivity index (χ4n) is 2.51. The van der Waals surface area contributed by atoms with Gasteiger partial charge in [0.2, 0.25) is 21.8 Å². The van der Waals surface area contributed by atoms with Gasteiger partial charge >= 0.3 is 0 Å². The van der Waals surface area contributed by atoms with Crippen LogP contribution in [0.3, 0.4) is 0 Å². The van der Waals surface area contributed by atoms with E-state index < -0.39 is 16.1 Å². The number of benzene rings is 1. The topological polar surface area (TPSA) is 95.6 Å². The predicted molar refractivity (Wildman–Crippen MR) is 111 cm³/mol. The van der Waals surface area contributed by atoms with Gasteiger partial charge < -0.3 is 10.6 Å². The van der Waals surface area contributed by atoms with Crippen LogP contribution in [0.1, 0.15) is 38.1 Å². The van der Waals surface area contributed by atoms with E-state index in [0.29, 0.717) is 5.69 Å². The smallest absolute Gasteiger partial charge is 0.243 e. The third kappa shape index (κ3) is 5.63. The molecule has 152 valence electrons. The molecule has 0 radical (unpaired) electrons. The van der Waals surface area contributed by atoms with Crippen molar-refractivity contribution in [1.82, 2.24) is 9.62 Å². The van der Waals surface area contributed by atoms with Crippen molar-refractivity contribution in [3.63, 3.8) is 0 Å². The van der Waals surface area contributed by atoms with Crippen LogP contribution in [0.25, 0.3) is 0 Å². The van der Waals surface area contributed by atoms with E-state index >= 15 is 0 Å². The Kier molecular flexibility index (Phi) is 7.34. The van der Waals surface area contributed by atoms with Crippen molar-refractivity contribution in [3.05, 3.63) is 46.7 Å². The third-order valence-electron chi connectivity index (χ3n) is 4.20. The zero-order chi connectivity index (χ0) is 20.9. The number of carbonyl (C=O) groups is 2. The van der Waals surface area contributed by atoms with Gasteiger partial charge in [0.1, 0.15) is 0 Å². The molecular weight excluding hydrogens is 398 g/mol. The Bertz CT molecular complexity index is 907. The number of hydrogen-bond donors (Lipinski definition) is 2. The molecule has 0 bridgehead atoms. The average Bonchev–Trinajstić information content (AvgIpc) is 3.15. The number of anilines is 1. The third-order valence-corrected chi connectivity index (χ3v) is 7.23. The summed E-state index contributed by atoms with van der Waals surface area (Å²) in [7, 11) is -2.04. The molecule has 9 heteroatoms. The lowest BCUT2D eigenvalue weighted by Gasteiger charge is -2.21. The summed E-state index contributed by atoms with van der Waals surface area (Å²) in [5.41, 5.74) is 0.490. The summed E-state index contributed by atoms with van der Waals surface area (Å²) in [6, 6.07) is 9.20. The van der Waals surface area contributed by atoms with Crippen molar-refractivity contribution >= 4 is 38.9 Å². The molecule has 1 heterocycles. The summed E-state index contributed by atoms with van der Waals surface area (Å²) in [6.45, 7) is 5.00. The summed E-state index contributed by atoms with van der Waals surface area (Å²) in [5, 5.41) is 7.41. The molecule has 0 fully saturated rings. The number of thiophene rings is 1. The number of nitrogens with zero attached hydrogens (tertiary/aromatic N) is 1. The van der Waals surface area contributed by atoms with Crippen LogP contribution in [0, 0.1) is 0 Å². The van der Waals surface area contributed by atoms with Gasteiger partial charge in [-0.05, 0) is 49.6 Å². The number of amides is 2. The van der Waals surface area contributed by atoms with Crippen LogP contribution < -0.4 is 10.6 Å². The minimum absolute atomic E-state index is 0.0796. The van der Waals surface area contributed by atoms with E-state index in [-0.39, 0.29) is 29.2 Å². The first-order chi connectivity index (χ1) is 13.1. The molecule has 2 N–H and O–H groups in total. The molecule has 1 aromatic heterocycles. The molecule has 0 unspecified atom stereocenters. The molecule has 1 atom stereocenters. The quantitative estimate of drug-likeness (QED) is 0.682. The highest BCUT2D eigenvalue weighted by Crippen LogP contribution is 2.23. The van der Waals surface area contributed by atoms with Crippen LogP contribution in [0.2, 0.25) is 0 Å². The average molecular weight is 424 g/mol. The van der Waals surface area contributed by atoms with Crippen molar-refractivity contribution in [3.8, 4) is 0 Å². The summed E-state index contributed by atoms with van der Waals surface area (Å²) in [5.74, 6) is -0.489. The second-order valence-electron chi connectivity index (χ2n) is 6.66. The molecule has 0 aliphatic carbocycles. The van der Waals surface area contributed by atoms with Crippen LogP contribution in [0.5, 0.6) is 0 Å². The summed E-state index contributed by atoms with van der Waals surface area (Å²) < 4.78 is 26.3. The van der Waals surface area contributed by atoms with E-state index in [1.165, 1.54) is 41.7 Å². The largest absolute Gasteiger partial charge is 0.348 e. The highest BCUT2D eigenvalue weighted by molar-refractivity contribution is 7.89. The van der Waals surface area contributed by atoms with Crippen molar-refractivity contribution in [2.75, 3.05) is 12.4 Å². The minimum Gasteiger partial charge on any atom is -0.348 e. The van der Waals surface area contributed by atoms with Crippen molar-refractivity contribution in [2.24, 2.45) is 0 Å². The summed E-state index contributed by atoms with van der Waals surface area (Å²) >= 11 is 1.46. The Labute approximate surface area is 169 Å². The minimum atomic E-state index is -3.57. The van der Waals surface area contributed by atoms with E-state index in [1.807, 2.05) is 17.5 Å². The maximum Gasteiger partial charge on any atom is 0.243 e. The fraction of sp³-hybridized carbons (Fsp3) is 0.368. The van der Waals surface area contributed by atoms with Gasteiger partial charge in [-0.15, -0.1) is 11.3 Å². The number of carbonyl (C=O) groups excluding carboxylic acids is 2. The molecule has 2 rings (SSSR count). The first-order valence-corrected chi connectivity index (χ1v) is 11.1. The maximum absolute atomic E-state index is 12.5. The monoisotopic (exact) mass is 423 g/mol.